The molecule has 0 spiro atoms. The van der Waals surface area contributed by atoms with Crippen molar-refractivity contribution in [3.8, 4) is 11.3 Å². The Balaban J connectivity index is 1.42. The molecule has 5 rings (SSSR count). The van der Waals surface area contributed by atoms with E-state index in [1.807, 2.05) is 56.7 Å². The van der Waals surface area contributed by atoms with Gasteiger partial charge in [-0.3, -0.25) is 9.48 Å². The molecule has 1 saturated carbocycles. The molecule has 8 nitrogen and oxygen atoms in total. The minimum atomic E-state index is -0.0707. The maximum Gasteiger partial charge on any atom is 0.229 e. The van der Waals surface area contributed by atoms with Crippen molar-refractivity contribution in [3.63, 3.8) is 0 Å². The van der Waals surface area contributed by atoms with Crippen LogP contribution in [0.2, 0.25) is 0 Å². The predicted molar refractivity (Wildman–Crippen MR) is 123 cm³/mol. The smallest absolute Gasteiger partial charge is 0.229 e. The number of fused-ring (bicyclic) bond motifs is 1. The maximum absolute atomic E-state index is 12.7. The van der Waals surface area contributed by atoms with Crippen molar-refractivity contribution in [1.29, 1.82) is 0 Å². The number of aliphatic hydroxyl groups is 1. The fourth-order valence-corrected chi connectivity index (χ4v) is 4.13. The number of rotatable bonds is 5. The van der Waals surface area contributed by atoms with Crippen molar-refractivity contribution in [2.45, 2.75) is 25.9 Å². The van der Waals surface area contributed by atoms with Crippen LogP contribution in [0.5, 0.6) is 0 Å². The zero-order valence-electron chi connectivity index (χ0n) is 17.9. The maximum atomic E-state index is 12.7. The number of nitrogens with one attached hydrogen (secondary N) is 1. The highest BCUT2D eigenvalue weighted by Gasteiger charge is 2.44. The lowest BCUT2D eigenvalue weighted by atomic mass is 10.0. The molecule has 8 heteroatoms. The second-order valence-corrected chi connectivity index (χ2v) is 8.38. The summed E-state index contributed by atoms with van der Waals surface area (Å²) >= 11 is 0. The van der Waals surface area contributed by atoms with Gasteiger partial charge in [-0.25, -0.2) is 9.97 Å². The zero-order chi connectivity index (χ0) is 22.4. The van der Waals surface area contributed by atoms with E-state index in [2.05, 4.69) is 20.4 Å². The first-order valence-corrected chi connectivity index (χ1v) is 10.5. The third-order valence-corrected chi connectivity index (χ3v) is 6.04. The largest absolute Gasteiger partial charge is 0.392 e. The number of nitrogens with zero attached hydrogens (tertiary/aromatic N) is 4. The van der Waals surface area contributed by atoms with Gasteiger partial charge in [0.2, 0.25) is 5.91 Å². The summed E-state index contributed by atoms with van der Waals surface area (Å²) < 4.78 is 1.75. The molecule has 0 radical (unpaired) electrons. The first-order valence-electron chi connectivity index (χ1n) is 10.5. The molecule has 2 atom stereocenters. The fraction of sp³-hybridized carbons (Fsp3) is 0.250. The Labute approximate surface area is 185 Å². The fourth-order valence-electron chi connectivity index (χ4n) is 4.13. The van der Waals surface area contributed by atoms with E-state index in [9.17, 15) is 9.90 Å². The van der Waals surface area contributed by atoms with Gasteiger partial charge >= 0.3 is 0 Å². The molecule has 3 aromatic heterocycles. The van der Waals surface area contributed by atoms with Gasteiger partial charge < -0.3 is 16.2 Å². The number of hydrogen-bond acceptors (Lipinski definition) is 6. The molecule has 4 N–H and O–H groups in total. The molecule has 0 bridgehead atoms. The number of aryl methyl sites for hydroxylation is 2. The lowest BCUT2D eigenvalue weighted by Crippen LogP contribution is -2.15. The summed E-state index contributed by atoms with van der Waals surface area (Å²) in [4.78, 5) is 21.6. The first kappa shape index (κ1) is 20.1. The highest BCUT2D eigenvalue weighted by molar-refractivity contribution is 5.98. The van der Waals surface area contributed by atoms with Crippen LogP contribution in [-0.2, 0) is 18.4 Å². The highest BCUT2D eigenvalue weighted by atomic mass is 16.3. The minimum Gasteiger partial charge on any atom is -0.392 e. The van der Waals surface area contributed by atoms with Crippen LogP contribution in [0.25, 0.3) is 22.0 Å². The Hall–Kier alpha value is -3.78. The van der Waals surface area contributed by atoms with E-state index >= 15 is 0 Å². The lowest BCUT2D eigenvalue weighted by molar-refractivity contribution is -0.117. The van der Waals surface area contributed by atoms with Crippen LogP contribution < -0.4 is 11.1 Å². The van der Waals surface area contributed by atoms with Gasteiger partial charge in [0.25, 0.3) is 0 Å². The standard InChI is InChI=1S/C24H24N6O2/c1-13-3-4-14(12-31)5-17(13)21-6-15-7-22(26-10-20(15)23(25)28-21)29-24(32)19-8-18(19)16-9-27-30(2)11-16/h3-7,9-11,18-19,31H,8,12H2,1-2H3,(H2,25,28)(H,26,29,32)/t18-,19+/m1/s1. The molecule has 162 valence electrons. The molecule has 0 saturated heterocycles. The number of benzene rings is 1. The zero-order valence-corrected chi connectivity index (χ0v) is 17.9. The molecule has 3 heterocycles. The summed E-state index contributed by atoms with van der Waals surface area (Å²) in [5, 5.41) is 18.2. The number of carbonyl (C=O) groups excluding carboxylic acids is 1. The molecule has 0 aliphatic heterocycles. The van der Waals surface area contributed by atoms with Crippen molar-refractivity contribution in [2.75, 3.05) is 11.1 Å². The summed E-state index contributed by atoms with van der Waals surface area (Å²) in [6, 6.07) is 9.51. The van der Waals surface area contributed by atoms with E-state index in [4.69, 9.17) is 5.73 Å². The Morgan fingerprint density at radius 3 is 2.88 bits per heavy atom. The molecular weight excluding hydrogens is 404 g/mol. The molecule has 1 aliphatic carbocycles. The number of carbonyl (C=O) groups is 1. The summed E-state index contributed by atoms with van der Waals surface area (Å²) in [6.07, 6.45) is 6.22. The van der Waals surface area contributed by atoms with Crippen LogP contribution >= 0.6 is 0 Å². The van der Waals surface area contributed by atoms with Gasteiger partial charge in [0.1, 0.15) is 11.6 Å². The van der Waals surface area contributed by atoms with E-state index in [0.717, 1.165) is 39.4 Å². The quantitative estimate of drug-likeness (QED) is 0.449. The van der Waals surface area contributed by atoms with Crippen molar-refractivity contribution in [1.82, 2.24) is 19.7 Å². The van der Waals surface area contributed by atoms with E-state index < -0.39 is 0 Å². The van der Waals surface area contributed by atoms with Crippen molar-refractivity contribution >= 4 is 28.3 Å². The number of nitrogen functional groups attached to an aromatic ring is 1. The van der Waals surface area contributed by atoms with Crippen molar-refractivity contribution in [2.24, 2.45) is 13.0 Å². The summed E-state index contributed by atoms with van der Waals surface area (Å²) in [5.74, 6) is 0.947. The van der Waals surface area contributed by atoms with Gasteiger partial charge in [0.15, 0.2) is 0 Å². The number of aromatic nitrogens is 4. The minimum absolute atomic E-state index is 0.0422. The number of anilines is 2. The van der Waals surface area contributed by atoms with Gasteiger partial charge in [-0.05, 0) is 59.5 Å². The van der Waals surface area contributed by atoms with Gasteiger partial charge in [0, 0.05) is 36.3 Å². The number of amides is 1. The van der Waals surface area contributed by atoms with Crippen LogP contribution in [-0.4, -0.2) is 30.8 Å². The predicted octanol–water partition coefficient (Wildman–Crippen LogP) is 3.16. The summed E-state index contributed by atoms with van der Waals surface area (Å²) in [7, 11) is 1.87. The SMILES string of the molecule is Cc1ccc(CO)cc1-c1cc2cc(NC(=O)[C@H]3C[C@@H]3c3cnn(C)c3)ncc2c(N)n1. The van der Waals surface area contributed by atoms with Crippen LogP contribution in [0, 0.1) is 12.8 Å². The average molecular weight is 428 g/mol. The molecule has 1 fully saturated rings. The molecule has 0 unspecified atom stereocenters. The third kappa shape index (κ3) is 3.69. The second-order valence-electron chi connectivity index (χ2n) is 8.38. The molecule has 1 aromatic carbocycles. The Morgan fingerprint density at radius 1 is 1.28 bits per heavy atom. The van der Waals surface area contributed by atoms with E-state index in [1.165, 1.54) is 0 Å². The van der Waals surface area contributed by atoms with Gasteiger partial charge in [-0.2, -0.15) is 5.10 Å². The van der Waals surface area contributed by atoms with Gasteiger partial charge in [0.05, 0.1) is 18.5 Å². The monoisotopic (exact) mass is 428 g/mol. The number of pyridine rings is 2. The molecule has 1 amide bonds. The average Bonchev–Trinajstić information content (AvgIpc) is 3.47. The van der Waals surface area contributed by atoms with Crippen LogP contribution in [0.4, 0.5) is 11.6 Å². The Morgan fingerprint density at radius 2 is 2.12 bits per heavy atom. The Bertz CT molecular complexity index is 1350. The molecular formula is C24H24N6O2. The van der Waals surface area contributed by atoms with E-state index in [0.29, 0.717) is 17.3 Å². The normalized spacial score (nSPS) is 17.5. The molecule has 4 aromatic rings. The number of aliphatic hydroxyl groups excluding tert-OH is 1. The van der Waals surface area contributed by atoms with Gasteiger partial charge in [-0.15, -0.1) is 0 Å². The van der Waals surface area contributed by atoms with Crippen molar-refractivity contribution < 1.29 is 9.90 Å². The second kappa shape index (κ2) is 7.72. The first-order chi connectivity index (χ1) is 15.4. The van der Waals surface area contributed by atoms with E-state index in [1.54, 1.807) is 10.9 Å². The summed E-state index contributed by atoms with van der Waals surface area (Å²) in [5.41, 5.74) is 10.8. The van der Waals surface area contributed by atoms with E-state index in [-0.39, 0.29) is 24.3 Å². The summed E-state index contributed by atoms with van der Waals surface area (Å²) in [6.45, 7) is 1.95. The number of hydrogen-bond donors (Lipinski definition) is 3. The van der Waals surface area contributed by atoms with Crippen LogP contribution in [0.3, 0.4) is 0 Å². The molecule has 1 aliphatic rings. The highest BCUT2D eigenvalue weighted by Crippen LogP contribution is 2.47. The molecule has 32 heavy (non-hydrogen) atoms. The van der Waals surface area contributed by atoms with Crippen LogP contribution in [0.1, 0.15) is 29.0 Å². The van der Waals surface area contributed by atoms with Crippen LogP contribution in [0.15, 0.2) is 48.9 Å². The Kier molecular flexibility index (Phi) is 4.86. The third-order valence-electron chi connectivity index (χ3n) is 6.04. The topological polar surface area (TPSA) is 119 Å². The van der Waals surface area contributed by atoms with Crippen molar-refractivity contribution in [3.05, 3.63) is 65.6 Å². The van der Waals surface area contributed by atoms with Gasteiger partial charge in [-0.1, -0.05) is 12.1 Å². The number of nitrogens with two attached hydrogens (primary N) is 1. The lowest BCUT2D eigenvalue weighted by Gasteiger charge is -2.11.